The van der Waals surface area contributed by atoms with Crippen molar-refractivity contribution in [2.24, 2.45) is 5.92 Å². The van der Waals surface area contributed by atoms with Gasteiger partial charge in [-0.2, -0.15) is 0 Å². The molecule has 4 rings (SSSR count). The number of hydrogen-bond acceptors (Lipinski definition) is 0. The van der Waals surface area contributed by atoms with E-state index in [1.54, 1.807) is 11.1 Å². The minimum absolute atomic E-state index is 0.776. The van der Waals surface area contributed by atoms with Crippen LogP contribution < -0.4 is 0 Å². The molecule has 1 nitrogen and oxygen atoms in total. The Hall–Kier alpha value is -1.60. The zero-order chi connectivity index (χ0) is 14.4. The molecule has 0 aromatic heterocycles. The highest BCUT2D eigenvalue weighted by atomic mass is 15.4. The highest BCUT2D eigenvalue weighted by Crippen LogP contribution is 2.39. The highest BCUT2D eigenvalue weighted by molar-refractivity contribution is 5.93. The van der Waals surface area contributed by atoms with Gasteiger partial charge in [-0.15, -0.1) is 0 Å². The average molecular weight is 278 g/mol. The third kappa shape index (κ3) is 1.95. The second-order valence-corrected chi connectivity index (χ2v) is 6.79. The molecule has 0 spiro atoms. The predicted molar refractivity (Wildman–Crippen MR) is 90.2 cm³/mol. The van der Waals surface area contributed by atoms with Crippen molar-refractivity contribution >= 4 is 16.8 Å². The van der Waals surface area contributed by atoms with Gasteiger partial charge >= 0.3 is 0 Å². The third-order valence-electron chi connectivity index (χ3n) is 5.85. The molecule has 0 bridgehead atoms. The molecule has 1 fully saturated rings. The normalized spacial score (nSPS) is 22.8. The van der Waals surface area contributed by atoms with Crippen LogP contribution in [0.5, 0.6) is 0 Å². The van der Waals surface area contributed by atoms with E-state index >= 15 is 0 Å². The molecular formula is C20H24N+. The van der Waals surface area contributed by atoms with E-state index < -0.39 is 0 Å². The van der Waals surface area contributed by atoms with Crippen LogP contribution in [0.3, 0.4) is 0 Å². The minimum Gasteiger partial charge on any atom is -0.320 e. The molecule has 0 saturated carbocycles. The minimum atomic E-state index is 0.776. The fraction of sp³-hybridized carbons (Fsp3) is 0.400. The van der Waals surface area contributed by atoms with Crippen molar-refractivity contribution in [3.05, 3.63) is 53.1 Å². The van der Waals surface area contributed by atoms with Gasteiger partial charge in [0.05, 0.1) is 19.6 Å². The molecule has 2 aromatic rings. The molecule has 0 N–H and O–H groups in total. The number of rotatable bonds is 2. The van der Waals surface area contributed by atoms with Crippen LogP contribution in [0, 0.1) is 5.92 Å². The Morgan fingerprint density at radius 1 is 1.05 bits per heavy atom. The Labute approximate surface area is 127 Å². The summed E-state index contributed by atoms with van der Waals surface area (Å²) in [4.78, 5) is 0. The van der Waals surface area contributed by atoms with E-state index in [0.29, 0.717) is 0 Å². The summed E-state index contributed by atoms with van der Waals surface area (Å²) in [6.07, 6.45) is 3.77. The fourth-order valence-electron chi connectivity index (χ4n) is 4.37. The van der Waals surface area contributed by atoms with E-state index in [9.17, 15) is 0 Å². The number of likely N-dealkylation sites (N-methyl/N-ethyl adjacent to an activating group) is 1. The van der Waals surface area contributed by atoms with Crippen LogP contribution in [0.2, 0.25) is 0 Å². The number of fused-ring (bicyclic) bond motifs is 4. The van der Waals surface area contributed by atoms with Crippen LogP contribution in [0.25, 0.3) is 16.8 Å². The van der Waals surface area contributed by atoms with Crippen molar-refractivity contribution in [2.75, 3.05) is 26.2 Å². The molecule has 1 aliphatic heterocycles. The molecular weight excluding hydrogens is 254 g/mol. The van der Waals surface area contributed by atoms with Gasteiger partial charge < -0.3 is 4.48 Å². The molecule has 108 valence electrons. The Bertz CT molecular complexity index is 722. The van der Waals surface area contributed by atoms with E-state index in [1.807, 2.05) is 0 Å². The Kier molecular flexibility index (Phi) is 2.93. The number of quaternary nitrogens is 1. The van der Waals surface area contributed by atoms with E-state index in [4.69, 9.17) is 0 Å². The third-order valence-corrected chi connectivity index (χ3v) is 5.85. The Morgan fingerprint density at radius 2 is 1.86 bits per heavy atom. The molecule has 21 heavy (non-hydrogen) atoms. The van der Waals surface area contributed by atoms with Gasteiger partial charge in [0, 0.05) is 5.92 Å². The number of benzene rings is 2. The van der Waals surface area contributed by atoms with Crippen molar-refractivity contribution in [2.45, 2.75) is 20.3 Å². The predicted octanol–water partition coefficient (Wildman–Crippen LogP) is 4.27. The molecule has 0 amide bonds. The Balaban J connectivity index is 1.83. The Morgan fingerprint density at radius 3 is 2.67 bits per heavy atom. The molecule has 1 heterocycles. The van der Waals surface area contributed by atoms with Gasteiger partial charge in [0.15, 0.2) is 0 Å². The maximum absolute atomic E-state index is 2.52. The largest absolute Gasteiger partial charge is 0.320 e. The summed E-state index contributed by atoms with van der Waals surface area (Å²) in [7, 11) is 0. The first-order valence-electron chi connectivity index (χ1n) is 8.31. The van der Waals surface area contributed by atoms with Crippen molar-refractivity contribution in [3.63, 3.8) is 0 Å². The molecule has 1 aliphatic carbocycles. The lowest BCUT2D eigenvalue weighted by molar-refractivity contribution is -0.912. The molecule has 2 aromatic carbocycles. The van der Waals surface area contributed by atoms with Gasteiger partial charge in [-0.05, 0) is 53.8 Å². The van der Waals surface area contributed by atoms with Crippen LogP contribution in [-0.2, 0) is 6.42 Å². The smallest absolute Gasteiger partial charge is 0.101 e. The van der Waals surface area contributed by atoms with Gasteiger partial charge in [0.1, 0.15) is 6.54 Å². The van der Waals surface area contributed by atoms with Crippen LogP contribution in [-0.4, -0.2) is 30.7 Å². The van der Waals surface area contributed by atoms with Gasteiger partial charge in [-0.1, -0.05) is 36.4 Å². The second-order valence-electron chi connectivity index (χ2n) is 6.79. The maximum atomic E-state index is 2.52. The fourth-order valence-corrected chi connectivity index (χ4v) is 4.37. The standard InChI is InChI=1S/C20H24N/c1-3-21(4-2)13-17-11-16-10-9-15-7-5-6-8-19(15)20(16)12-18(17)14-21/h5-10,12,17H,3-4,11,13-14H2,1-2H3/q+1/t17-/m0/s1. The summed E-state index contributed by atoms with van der Waals surface area (Å²) in [6.45, 7) is 9.84. The summed E-state index contributed by atoms with van der Waals surface area (Å²) in [6, 6.07) is 13.5. The molecule has 2 aliphatic rings. The number of likely N-dealkylation sites (tertiary alicyclic amines) is 1. The van der Waals surface area contributed by atoms with Crippen molar-refractivity contribution in [3.8, 4) is 0 Å². The topological polar surface area (TPSA) is 0 Å². The molecule has 1 heteroatoms. The first-order chi connectivity index (χ1) is 10.2. The zero-order valence-electron chi connectivity index (χ0n) is 13.1. The van der Waals surface area contributed by atoms with Crippen molar-refractivity contribution in [1.82, 2.24) is 0 Å². The van der Waals surface area contributed by atoms with Crippen LogP contribution in [0.15, 0.2) is 42.0 Å². The van der Waals surface area contributed by atoms with E-state index in [1.165, 1.54) is 53.4 Å². The average Bonchev–Trinajstić information content (AvgIpc) is 2.91. The van der Waals surface area contributed by atoms with Crippen LogP contribution in [0.4, 0.5) is 0 Å². The molecule has 1 atom stereocenters. The monoisotopic (exact) mass is 278 g/mol. The quantitative estimate of drug-likeness (QED) is 0.720. The van der Waals surface area contributed by atoms with E-state index in [2.05, 4.69) is 56.3 Å². The lowest BCUT2D eigenvalue weighted by Crippen LogP contribution is -2.45. The SMILES string of the molecule is CC[N+]1(CC)CC2=Cc3c(ccc4ccccc34)C[C@H]2C1. The van der Waals surface area contributed by atoms with Gasteiger partial charge in [-0.3, -0.25) is 0 Å². The highest BCUT2D eigenvalue weighted by Gasteiger charge is 2.41. The lowest BCUT2D eigenvalue weighted by Gasteiger charge is -2.31. The van der Waals surface area contributed by atoms with Crippen LogP contribution in [0.1, 0.15) is 25.0 Å². The van der Waals surface area contributed by atoms with Crippen molar-refractivity contribution in [1.29, 1.82) is 0 Å². The number of nitrogens with zero attached hydrogens (tertiary/aromatic N) is 1. The molecule has 1 saturated heterocycles. The summed E-state index contributed by atoms with van der Waals surface area (Å²) in [5.74, 6) is 0.776. The summed E-state index contributed by atoms with van der Waals surface area (Å²) >= 11 is 0. The molecule has 0 radical (unpaired) electrons. The summed E-state index contributed by atoms with van der Waals surface area (Å²) < 4.78 is 1.28. The van der Waals surface area contributed by atoms with Crippen LogP contribution >= 0.6 is 0 Å². The van der Waals surface area contributed by atoms with Gasteiger partial charge in [0.25, 0.3) is 0 Å². The maximum Gasteiger partial charge on any atom is 0.101 e. The summed E-state index contributed by atoms with van der Waals surface area (Å²) in [5, 5.41) is 2.80. The van der Waals surface area contributed by atoms with Gasteiger partial charge in [-0.25, -0.2) is 0 Å². The lowest BCUT2D eigenvalue weighted by atomic mass is 9.83. The number of hydrogen-bond donors (Lipinski definition) is 0. The molecule has 0 unspecified atom stereocenters. The van der Waals surface area contributed by atoms with E-state index in [-0.39, 0.29) is 0 Å². The first kappa shape index (κ1) is 13.1. The first-order valence-corrected chi connectivity index (χ1v) is 8.31. The summed E-state index contributed by atoms with van der Waals surface area (Å²) in [5.41, 5.74) is 4.74. The zero-order valence-corrected chi connectivity index (χ0v) is 13.1. The van der Waals surface area contributed by atoms with Crippen molar-refractivity contribution < 1.29 is 4.48 Å². The second kappa shape index (κ2) is 4.71. The van der Waals surface area contributed by atoms with E-state index in [0.717, 1.165) is 5.92 Å². The van der Waals surface area contributed by atoms with Gasteiger partial charge in [0.2, 0.25) is 0 Å².